The predicted octanol–water partition coefficient (Wildman–Crippen LogP) is 3.59. The van der Waals surface area contributed by atoms with E-state index in [4.69, 9.17) is 9.15 Å². The highest BCUT2D eigenvalue weighted by Gasteiger charge is 2.17. The predicted molar refractivity (Wildman–Crippen MR) is 82.2 cm³/mol. The van der Waals surface area contributed by atoms with Crippen LogP contribution in [0.5, 0.6) is 5.75 Å². The molecular formula is C17H22FNO3. The minimum Gasteiger partial charge on any atom is -0.494 e. The highest BCUT2D eigenvalue weighted by atomic mass is 19.1. The molecule has 3 unspecified atom stereocenters. The van der Waals surface area contributed by atoms with Crippen molar-refractivity contribution >= 4 is 0 Å². The van der Waals surface area contributed by atoms with Crippen molar-refractivity contribution in [2.45, 2.75) is 38.5 Å². The molecule has 2 rings (SSSR count). The molecule has 0 radical (unpaired) electrons. The Hall–Kier alpha value is -1.85. The van der Waals surface area contributed by atoms with Gasteiger partial charge in [-0.3, -0.25) is 0 Å². The topological polar surface area (TPSA) is 54.6 Å². The monoisotopic (exact) mass is 307 g/mol. The molecule has 0 fully saturated rings. The van der Waals surface area contributed by atoms with Crippen molar-refractivity contribution in [3.8, 4) is 5.75 Å². The van der Waals surface area contributed by atoms with Crippen LogP contribution in [0.25, 0.3) is 0 Å². The first kappa shape index (κ1) is 16.5. The average Bonchev–Trinajstić information content (AvgIpc) is 3.01. The third-order valence-electron chi connectivity index (χ3n) is 3.66. The van der Waals surface area contributed by atoms with E-state index in [1.807, 2.05) is 19.9 Å². The molecule has 1 aromatic carbocycles. The summed E-state index contributed by atoms with van der Waals surface area (Å²) in [7, 11) is 1.44. The lowest BCUT2D eigenvalue weighted by Gasteiger charge is -2.22. The Morgan fingerprint density at radius 3 is 2.68 bits per heavy atom. The lowest BCUT2D eigenvalue weighted by molar-refractivity contribution is 0.127. The van der Waals surface area contributed by atoms with E-state index in [-0.39, 0.29) is 23.7 Å². The van der Waals surface area contributed by atoms with Gasteiger partial charge in [-0.1, -0.05) is 6.07 Å². The van der Waals surface area contributed by atoms with Gasteiger partial charge in [0, 0.05) is 12.1 Å². The number of hydrogen-bond acceptors (Lipinski definition) is 4. The summed E-state index contributed by atoms with van der Waals surface area (Å²) in [5.74, 6) is 0.408. The zero-order valence-corrected chi connectivity index (χ0v) is 13.0. The number of methoxy groups -OCH3 is 1. The molecule has 4 nitrogen and oxygen atoms in total. The van der Waals surface area contributed by atoms with Crippen LogP contribution in [0.2, 0.25) is 0 Å². The molecular weight excluding hydrogens is 285 g/mol. The van der Waals surface area contributed by atoms with Gasteiger partial charge in [0.05, 0.1) is 13.4 Å². The first-order valence-electron chi connectivity index (χ1n) is 7.32. The van der Waals surface area contributed by atoms with Gasteiger partial charge in [-0.15, -0.1) is 0 Å². The SMILES string of the molecule is COc1ccc(C(C)NC(C)CC(O)c2ccco2)cc1F. The molecule has 5 heteroatoms. The van der Waals surface area contributed by atoms with Crippen LogP contribution in [0, 0.1) is 5.82 Å². The zero-order valence-electron chi connectivity index (χ0n) is 13.0. The van der Waals surface area contributed by atoms with Crippen LogP contribution < -0.4 is 10.1 Å². The van der Waals surface area contributed by atoms with Crippen LogP contribution in [-0.4, -0.2) is 18.3 Å². The molecule has 22 heavy (non-hydrogen) atoms. The molecule has 0 aliphatic rings. The van der Waals surface area contributed by atoms with Crippen molar-refractivity contribution < 1.29 is 18.7 Å². The van der Waals surface area contributed by atoms with Crippen LogP contribution >= 0.6 is 0 Å². The van der Waals surface area contributed by atoms with Crippen LogP contribution in [0.3, 0.4) is 0 Å². The van der Waals surface area contributed by atoms with E-state index in [0.717, 1.165) is 5.56 Å². The molecule has 0 aliphatic carbocycles. The minimum atomic E-state index is -0.655. The minimum absolute atomic E-state index is 0.0419. The standard InChI is InChI=1S/C17H22FNO3/c1-11(9-15(20)17-5-4-8-22-17)19-12(2)13-6-7-16(21-3)14(18)10-13/h4-8,10-12,15,19-20H,9H2,1-3H3. The van der Waals surface area contributed by atoms with E-state index in [9.17, 15) is 9.50 Å². The number of aliphatic hydroxyl groups excluding tert-OH is 1. The van der Waals surface area contributed by atoms with Gasteiger partial charge in [0.15, 0.2) is 11.6 Å². The molecule has 2 N–H and O–H groups in total. The van der Waals surface area contributed by atoms with Crippen LogP contribution in [0.4, 0.5) is 4.39 Å². The second-order valence-corrected chi connectivity index (χ2v) is 5.45. The molecule has 120 valence electrons. The van der Waals surface area contributed by atoms with Crippen molar-refractivity contribution in [3.63, 3.8) is 0 Å². The van der Waals surface area contributed by atoms with Gasteiger partial charge in [-0.05, 0) is 50.1 Å². The maximum Gasteiger partial charge on any atom is 0.165 e. The number of nitrogens with one attached hydrogen (secondary N) is 1. The maximum absolute atomic E-state index is 13.7. The van der Waals surface area contributed by atoms with Crippen molar-refractivity contribution in [1.82, 2.24) is 5.32 Å². The Bertz CT molecular complexity index is 586. The summed E-state index contributed by atoms with van der Waals surface area (Å²) < 4.78 is 23.8. The van der Waals surface area contributed by atoms with E-state index in [0.29, 0.717) is 12.2 Å². The second kappa shape index (κ2) is 7.42. The van der Waals surface area contributed by atoms with E-state index in [2.05, 4.69) is 5.32 Å². The van der Waals surface area contributed by atoms with Gasteiger partial charge in [0.2, 0.25) is 0 Å². The summed E-state index contributed by atoms with van der Waals surface area (Å²) in [6.07, 6.45) is 1.40. The number of halogens is 1. The van der Waals surface area contributed by atoms with Gasteiger partial charge >= 0.3 is 0 Å². The molecule has 0 saturated carbocycles. The largest absolute Gasteiger partial charge is 0.494 e. The number of benzene rings is 1. The number of ether oxygens (including phenoxy) is 1. The van der Waals surface area contributed by atoms with E-state index in [1.54, 1.807) is 24.5 Å². The first-order valence-corrected chi connectivity index (χ1v) is 7.32. The number of furan rings is 1. The van der Waals surface area contributed by atoms with Gasteiger partial charge in [0.25, 0.3) is 0 Å². The average molecular weight is 307 g/mol. The highest BCUT2D eigenvalue weighted by molar-refractivity contribution is 5.30. The molecule has 2 aromatic rings. The van der Waals surface area contributed by atoms with Gasteiger partial charge < -0.3 is 19.6 Å². The molecule has 0 spiro atoms. The van der Waals surface area contributed by atoms with Crippen molar-refractivity contribution in [2.24, 2.45) is 0 Å². The summed E-state index contributed by atoms with van der Waals surface area (Å²) in [6.45, 7) is 3.93. The highest BCUT2D eigenvalue weighted by Crippen LogP contribution is 2.23. The van der Waals surface area contributed by atoms with Gasteiger partial charge in [0.1, 0.15) is 11.9 Å². The van der Waals surface area contributed by atoms with Crippen LogP contribution in [0.1, 0.15) is 43.7 Å². The summed E-state index contributed by atoms with van der Waals surface area (Å²) in [4.78, 5) is 0. The molecule has 1 aromatic heterocycles. The number of rotatable bonds is 7. The normalized spacial score (nSPS) is 15.3. The Labute approximate surface area is 129 Å². The summed E-state index contributed by atoms with van der Waals surface area (Å²) in [6, 6.07) is 8.41. The van der Waals surface area contributed by atoms with Crippen LogP contribution in [-0.2, 0) is 0 Å². The van der Waals surface area contributed by atoms with Crippen LogP contribution in [0.15, 0.2) is 41.0 Å². The molecule has 0 bridgehead atoms. The number of aliphatic hydroxyl groups is 1. The fourth-order valence-corrected chi connectivity index (χ4v) is 2.47. The van der Waals surface area contributed by atoms with Gasteiger partial charge in [-0.2, -0.15) is 0 Å². The fourth-order valence-electron chi connectivity index (χ4n) is 2.47. The van der Waals surface area contributed by atoms with E-state index in [1.165, 1.54) is 13.2 Å². The van der Waals surface area contributed by atoms with Crippen molar-refractivity contribution in [3.05, 3.63) is 53.7 Å². The summed E-state index contributed by atoms with van der Waals surface area (Å²) >= 11 is 0. The Morgan fingerprint density at radius 1 is 1.32 bits per heavy atom. The van der Waals surface area contributed by atoms with Crippen molar-refractivity contribution in [1.29, 1.82) is 0 Å². The zero-order chi connectivity index (χ0) is 16.1. The third-order valence-corrected chi connectivity index (χ3v) is 3.66. The quantitative estimate of drug-likeness (QED) is 0.821. The summed E-state index contributed by atoms with van der Waals surface area (Å²) in [5, 5.41) is 13.4. The second-order valence-electron chi connectivity index (χ2n) is 5.45. The maximum atomic E-state index is 13.7. The smallest absolute Gasteiger partial charge is 0.165 e. The Balaban J connectivity index is 1.93. The van der Waals surface area contributed by atoms with E-state index < -0.39 is 6.10 Å². The molecule has 0 amide bonds. The fraction of sp³-hybridized carbons (Fsp3) is 0.412. The van der Waals surface area contributed by atoms with Crippen molar-refractivity contribution in [2.75, 3.05) is 7.11 Å². The third kappa shape index (κ3) is 4.08. The van der Waals surface area contributed by atoms with E-state index >= 15 is 0 Å². The lowest BCUT2D eigenvalue weighted by atomic mass is 10.0. The Morgan fingerprint density at radius 2 is 2.09 bits per heavy atom. The Kier molecular flexibility index (Phi) is 5.57. The molecule has 3 atom stereocenters. The lowest BCUT2D eigenvalue weighted by Crippen LogP contribution is -2.30. The number of hydrogen-bond donors (Lipinski definition) is 2. The molecule has 1 heterocycles. The molecule has 0 saturated heterocycles. The summed E-state index contributed by atoms with van der Waals surface area (Å²) in [5.41, 5.74) is 0.831. The first-order chi connectivity index (χ1) is 10.5. The van der Waals surface area contributed by atoms with Gasteiger partial charge in [-0.25, -0.2) is 4.39 Å². The molecule has 0 aliphatic heterocycles.